The van der Waals surface area contributed by atoms with Crippen LogP contribution in [0.3, 0.4) is 0 Å². The van der Waals surface area contributed by atoms with Gasteiger partial charge in [0, 0.05) is 12.1 Å². The number of ether oxygens (including phenoxy) is 1. The van der Waals surface area contributed by atoms with Crippen molar-refractivity contribution in [1.29, 1.82) is 0 Å². The van der Waals surface area contributed by atoms with Crippen LogP contribution < -0.4 is 20.9 Å². The Kier molecular flexibility index (Phi) is 6.29. The van der Waals surface area contributed by atoms with Crippen LogP contribution in [0, 0.1) is 5.92 Å². The van der Waals surface area contributed by atoms with Gasteiger partial charge < -0.3 is 10.1 Å². The lowest BCUT2D eigenvalue weighted by atomic mass is 10.1. The van der Waals surface area contributed by atoms with E-state index in [-0.39, 0.29) is 34.7 Å². The molecule has 0 bridgehead atoms. The zero-order valence-corrected chi connectivity index (χ0v) is 14.9. The third-order valence-corrected chi connectivity index (χ3v) is 5.50. The highest BCUT2D eigenvalue weighted by Gasteiger charge is 2.31. The van der Waals surface area contributed by atoms with Gasteiger partial charge in [-0.05, 0) is 48.8 Å². The van der Waals surface area contributed by atoms with Gasteiger partial charge in [0.1, 0.15) is 5.75 Å². The first-order chi connectivity index (χ1) is 12.0. The van der Waals surface area contributed by atoms with E-state index in [1.165, 1.54) is 12.1 Å². The van der Waals surface area contributed by atoms with Crippen LogP contribution >= 0.6 is 12.2 Å². The topological polar surface area (TPSA) is 96.5 Å². The predicted octanol–water partition coefficient (Wildman–Crippen LogP) is 1.73. The monoisotopic (exact) mass is 411 g/mol. The largest absolute Gasteiger partial charge is 0.573 e. The van der Waals surface area contributed by atoms with E-state index in [4.69, 9.17) is 12.2 Å². The summed E-state index contributed by atoms with van der Waals surface area (Å²) in [5.74, 6) is -0.918. The van der Waals surface area contributed by atoms with E-state index in [0.29, 0.717) is 12.1 Å². The highest BCUT2D eigenvalue weighted by atomic mass is 32.2. The number of thiocarbonyl (C=S) groups is 1. The summed E-state index contributed by atoms with van der Waals surface area (Å²) in [5.41, 5.74) is 5.16. The maximum absolute atomic E-state index is 12.1. The minimum atomic E-state index is -4.77. The van der Waals surface area contributed by atoms with Gasteiger partial charge in [-0.1, -0.05) is 0 Å². The van der Waals surface area contributed by atoms with Crippen LogP contribution in [0.15, 0.2) is 24.3 Å². The van der Waals surface area contributed by atoms with Crippen molar-refractivity contribution in [3.63, 3.8) is 0 Å². The van der Waals surface area contributed by atoms with E-state index in [0.717, 1.165) is 12.1 Å². The third kappa shape index (κ3) is 7.04. The number of rotatable bonds is 4. The van der Waals surface area contributed by atoms with E-state index in [1.807, 2.05) is 0 Å². The minimum Gasteiger partial charge on any atom is -0.406 e. The standard InChI is InChI=1S/C14H16F3N3O4S2/c15-14(16,17)24-11-3-1-10(2-4-11)18-13(25)20-19-12(21)7-9-5-6-26(22,23)8-9/h1-4,9H,5-8H2,(H,19,21)(H2,18,20,25)/t9-/m0/s1. The summed E-state index contributed by atoms with van der Waals surface area (Å²) in [6.07, 6.45) is -4.27. The SMILES string of the molecule is O=C(C[C@@H]1CCS(=O)(=O)C1)NNC(=S)Nc1ccc(OC(F)(F)F)cc1. The second-order valence-electron chi connectivity index (χ2n) is 5.67. The predicted molar refractivity (Wildman–Crippen MR) is 92.0 cm³/mol. The number of benzene rings is 1. The number of alkyl halides is 3. The molecule has 1 aliphatic heterocycles. The summed E-state index contributed by atoms with van der Waals surface area (Å²) in [4.78, 5) is 11.8. The summed E-state index contributed by atoms with van der Waals surface area (Å²) in [6.45, 7) is 0. The van der Waals surface area contributed by atoms with Crippen molar-refractivity contribution >= 4 is 38.8 Å². The maximum atomic E-state index is 12.1. The summed E-state index contributed by atoms with van der Waals surface area (Å²) in [7, 11) is -3.05. The molecule has 1 fully saturated rings. The number of carbonyl (C=O) groups is 1. The molecule has 2 rings (SSSR count). The summed E-state index contributed by atoms with van der Waals surface area (Å²) < 4.78 is 62.7. The normalized spacial score (nSPS) is 18.8. The first-order valence-electron chi connectivity index (χ1n) is 7.44. The molecule has 26 heavy (non-hydrogen) atoms. The van der Waals surface area contributed by atoms with Crippen LogP contribution in [-0.2, 0) is 14.6 Å². The molecular weight excluding hydrogens is 395 g/mol. The molecular formula is C14H16F3N3O4S2. The van der Waals surface area contributed by atoms with Crippen molar-refractivity contribution in [1.82, 2.24) is 10.9 Å². The van der Waals surface area contributed by atoms with Crippen LogP contribution in [0.1, 0.15) is 12.8 Å². The Labute approximate surface area is 153 Å². The Morgan fingerprint density at radius 3 is 2.42 bits per heavy atom. The molecule has 1 saturated heterocycles. The fraction of sp³-hybridized carbons (Fsp3) is 0.429. The number of nitrogens with one attached hydrogen (secondary N) is 3. The van der Waals surface area contributed by atoms with E-state index >= 15 is 0 Å². The number of hydrazine groups is 1. The van der Waals surface area contributed by atoms with Gasteiger partial charge in [0.15, 0.2) is 14.9 Å². The van der Waals surface area contributed by atoms with Gasteiger partial charge in [0.2, 0.25) is 5.91 Å². The van der Waals surface area contributed by atoms with E-state index in [9.17, 15) is 26.4 Å². The maximum Gasteiger partial charge on any atom is 0.573 e. The molecule has 1 aliphatic rings. The number of anilines is 1. The molecule has 1 atom stereocenters. The quantitative estimate of drug-likeness (QED) is 0.513. The second kappa shape index (κ2) is 8.08. The zero-order chi connectivity index (χ0) is 19.4. The van der Waals surface area contributed by atoms with Gasteiger partial charge in [-0.3, -0.25) is 15.6 Å². The summed E-state index contributed by atoms with van der Waals surface area (Å²) in [5, 5.41) is 2.68. The van der Waals surface area contributed by atoms with Crippen LogP contribution in [0.2, 0.25) is 0 Å². The van der Waals surface area contributed by atoms with Crippen molar-refractivity contribution in [2.45, 2.75) is 19.2 Å². The van der Waals surface area contributed by atoms with Crippen LogP contribution in [0.5, 0.6) is 5.75 Å². The minimum absolute atomic E-state index is 0.00450. The zero-order valence-electron chi connectivity index (χ0n) is 13.3. The molecule has 1 amide bonds. The molecule has 3 N–H and O–H groups in total. The fourth-order valence-corrected chi connectivity index (χ4v) is 4.41. The van der Waals surface area contributed by atoms with Gasteiger partial charge >= 0.3 is 6.36 Å². The van der Waals surface area contributed by atoms with E-state index < -0.39 is 22.1 Å². The van der Waals surface area contributed by atoms with Crippen molar-refractivity contribution in [3.8, 4) is 5.75 Å². The first kappa shape index (κ1) is 20.2. The van der Waals surface area contributed by atoms with Gasteiger partial charge in [-0.15, -0.1) is 13.2 Å². The Balaban J connectivity index is 1.74. The number of sulfone groups is 1. The molecule has 0 radical (unpaired) electrons. The van der Waals surface area contributed by atoms with E-state index in [2.05, 4.69) is 20.9 Å². The van der Waals surface area contributed by atoms with Crippen LogP contribution in [0.25, 0.3) is 0 Å². The molecule has 1 aromatic rings. The van der Waals surface area contributed by atoms with Gasteiger partial charge in [-0.25, -0.2) is 8.42 Å². The van der Waals surface area contributed by atoms with Gasteiger partial charge in [-0.2, -0.15) is 0 Å². The highest BCUT2D eigenvalue weighted by Crippen LogP contribution is 2.24. The van der Waals surface area contributed by atoms with Crippen molar-refractivity contribution in [2.24, 2.45) is 5.92 Å². The average Bonchev–Trinajstić information content (AvgIpc) is 2.84. The number of hydrogen-bond donors (Lipinski definition) is 3. The van der Waals surface area contributed by atoms with Crippen molar-refractivity contribution in [3.05, 3.63) is 24.3 Å². The van der Waals surface area contributed by atoms with Crippen molar-refractivity contribution in [2.75, 3.05) is 16.8 Å². The Morgan fingerprint density at radius 2 is 1.88 bits per heavy atom. The summed E-state index contributed by atoms with van der Waals surface area (Å²) in [6, 6.07) is 4.86. The molecule has 144 valence electrons. The Hall–Kier alpha value is -2.08. The molecule has 0 aromatic heterocycles. The molecule has 1 heterocycles. The first-order valence-corrected chi connectivity index (χ1v) is 9.67. The lowest BCUT2D eigenvalue weighted by molar-refractivity contribution is -0.274. The second-order valence-corrected chi connectivity index (χ2v) is 8.31. The van der Waals surface area contributed by atoms with Gasteiger partial charge in [0.05, 0.1) is 11.5 Å². The van der Waals surface area contributed by atoms with Gasteiger partial charge in [0.25, 0.3) is 0 Å². The Bertz CT molecular complexity index is 767. The lowest BCUT2D eigenvalue weighted by Crippen LogP contribution is -2.44. The molecule has 0 spiro atoms. The smallest absolute Gasteiger partial charge is 0.406 e. The molecule has 0 saturated carbocycles. The number of amides is 1. The molecule has 7 nitrogen and oxygen atoms in total. The van der Waals surface area contributed by atoms with Crippen LogP contribution in [0.4, 0.5) is 18.9 Å². The lowest BCUT2D eigenvalue weighted by Gasteiger charge is -2.13. The average molecular weight is 411 g/mol. The third-order valence-electron chi connectivity index (χ3n) is 3.46. The molecule has 1 aromatic carbocycles. The Morgan fingerprint density at radius 1 is 1.23 bits per heavy atom. The highest BCUT2D eigenvalue weighted by molar-refractivity contribution is 7.91. The number of halogens is 3. The molecule has 12 heteroatoms. The van der Waals surface area contributed by atoms with Crippen LogP contribution in [-0.4, -0.2) is 37.3 Å². The fourth-order valence-electron chi connectivity index (χ4n) is 2.37. The molecule has 0 unspecified atom stereocenters. The molecule has 0 aliphatic carbocycles. The summed E-state index contributed by atoms with van der Waals surface area (Å²) >= 11 is 4.95. The van der Waals surface area contributed by atoms with E-state index in [1.54, 1.807) is 0 Å². The number of carbonyl (C=O) groups excluding carboxylic acids is 1. The van der Waals surface area contributed by atoms with Crippen molar-refractivity contribution < 1.29 is 31.1 Å². The number of hydrogen-bond acceptors (Lipinski definition) is 5.